The summed E-state index contributed by atoms with van der Waals surface area (Å²) in [6, 6.07) is 8.68. The van der Waals surface area contributed by atoms with Crippen molar-refractivity contribution in [2.75, 3.05) is 6.54 Å². The maximum atomic E-state index is 12.0. The van der Waals surface area contributed by atoms with E-state index in [0.717, 1.165) is 0 Å². The number of nitrogens with one attached hydrogen (secondary N) is 2. The molecule has 0 saturated carbocycles. The topological polar surface area (TPSA) is 78.4 Å². The van der Waals surface area contributed by atoms with Gasteiger partial charge in [0.2, 0.25) is 5.91 Å². The zero-order chi connectivity index (χ0) is 17.5. The number of aliphatic hydroxyl groups is 1. The molecule has 128 valence electrons. The molecule has 0 aliphatic heterocycles. The first-order chi connectivity index (χ1) is 10.7. The lowest BCUT2D eigenvalue weighted by atomic mass is 9.87. The van der Waals surface area contributed by atoms with E-state index in [9.17, 15) is 14.7 Å². The van der Waals surface area contributed by atoms with Crippen molar-refractivity contribution in [3.63, 3.8) is 0 Å². The van der Waals surface area contributed by atoms with Gasteiger partial charge in [-0.1, -0.05) is 32.0 Å². The summed E-state index contributed by atoms with van der Waals surface area (Å²) in [5.74, 6) is -0.287. The fourth-order valence-corrected chi connectivity index (χ4v) is 2.51. The molecule has 1 rings (SSSR count). The lowest BCUT2D eigenvalue weighted by Crippen LogP contribution is -2.40. The minimum absolute atomic E-state index is 0.107. The number of hydrogen-bond donors (Lipinski definition) is 3. The molecule has 2 atom stereocenters. The number of carbonyl (C=O) groups excluding carboxylic acids is 2. The number of rotatable bonds is 8. The quantitative estimate of drug-likeness (QED) is 0.686. The van der Waals surface area contributed by atoms with Crippen LogP contribution in [0.5, 0.6) is 0 Å². The van der Waals surface area contributed by atoms with Crippen LogP contribution in [0, 0.1) is 5.41 Å². The second kappa shape index (κ2) is 8.67. The zero-order valence-corrected chi connectivity index (χ0v) is 14.4. The van der Waals surface area contributed by atoms with Gasteiger partial charge in [0.1, 0.15) is 0 Å². The monoisotopic (exact) mass is 320 g/mol. The van der Waals surface area contributed by atoms with Gasteiger partial charge in [-0.2, -0.15) is 0 Å². The molecule has 1 aromatic carbocycles. The van der Waals surface area contributed by atoms with E-state index in [1.165, 1.54) is 0 Å². The Bertz CT molecular complexity index is 512. The predicted molar refractivity (Wildman–Crippen MR) is 91.1 cm³/mol. The summed E-state index contributed by atoms with van der Waals surface area (Å²) in [5.41, 5.74) is 0.415. The minimum atomic E-state index is -0.397. The Kier molecular flexibility index (Phi) is 7.23. The van der Waals surface area contributed by atoms with Crippen molar-refractivity contribution in [1.82, 2.24) is 10.6 Å². The summed E-state index contributed by atoms with van der Waals surface area (Å²) in [6.45, 7) is 8.05. The van der Waals surface area contributed by atoms with E-state index in [4.69, 9.17) is 0 Å². The molecule has 0 spiro atoms. The SMILES string of the molecule is CC(O)CC(C)(C)CNC(=O)CC(C)NC(=O)c1ccccc1. The summed E-state index contributed by atoms with van der Waals surface area (Å²) >= 11 is 0. The van der Waals surface area contributed by atoms with Crippen LogP contribution in [-0.2, 0) is 4.79 Å². The normalized spacial score (nSPS) is 14.0. The third kappa shape index (κ3) is 7.79. The number of carbonyl (C=O) groups is 2. The third-order valence-electron chi connectivity index (χ3n) is 3.52. The summed E-state index contributed by atoms with van der Waals surface area (Å²) in [5, 5.41) is 15.1. The molecular formula is C18H28N2O3. The molecule has 0 heterocycles. The fourth-order valence-electron chi connectivity index (χ4n) is 2.51. The fraction of sp³-hybridized carbons (Fsp3) is 0.556. The molecule has 2 amide bonds. The van der Waals surface area contributed by atoms with Gasteiger partial charge in [0.15, 0.2) is 0 Å². The smallest absolute Gasteiger partial charge is 0.251 e. The lowest BCUT2D eigenvalue weighted by molar-refractivity contribution is -0.122. The van der Waals surface area contributed by atoms with E-state index in [-0.39, 0.29) is 29.7 Å². The average molecular weight is 320 g/mol. The van der Waals surface area contributed by atoms with Gasteiger partial charge < -0.3 is 15.7 Å². The molecule has 0 saturated heterocycles. The number of amides is 2. The van der Waals surface area contributed by atoms with Crippen molar-refractivity contribution >= 4 is 11.8 Å². The molecule has 1 aromatic rings. The highest BCUT2D eigenvalue weighted by atomic mass is 16.3. The molecule has 0 bridgehead atoms. The Balaban J connectivity index is 2.38. The van der Waals surface area contributed by atoms with Gasteiger partial charge in [0.05, 0.1) is 6.10 Å². The van der Waals surface area contributed by atoms with E-state index in [0.29, 0.717) is 18.5 Å². The molecule has 0 radical (unpaired) electrons. The lowest BCUT2D eigenvalue weighted by Gasteiger charge is -2.26. The largest absolute Gasteiger partial charge is 0.393 e. The van der Waals surface area contributed by atoms with E-state index in [1.54, 1.807) is 38.1 Å². The standard InChI is InChI=1S/C18H28N2O3/c1-13(20-17(23)15-8-6-5-7-9-15)10-16(22)19-12-18(3,4)11-14(2)21/h5-9,13-14,21H,10-12H2,1-4H3,(H,19,22)(H,20,23). The molecule has 3 N–H and O–H groups in total. The Morgan fingerprint density at radius 3 is 2.35 bits per heavy atom. The Morgan fingerprint density at radius 1 is 1.17 bits per heavy atom. The van der Waals surface area contributed by atoms with Crippen molar-refractivity contribution in [3.8, 4) is 0 Å². The van der Waals surface area contributed by atoms with Crippen molar-refractivity contribution in [2.24, 2.45) is 5.41 Å². The van der Waals surface area contributed by atoms with Gasteiger partial charge in [0, 0.05) is 24.6 Å². The van der Waals surface area contributed by atoms with E-state index in [2.05, 4.69) is 10.6 Å². The second-order valence-corrected chi connectivity index (χ2v) is 6.94. The Labute approximate surface area is 138 Å². The highest BCUT2D eigenvalue weighted by Crippen LogP contribution is 2.21. The molecule has 0 aliphatic rings. The van der Waals surface area contributed by atoms with Gasteiger partial charge in [-0.15, -0.1) is 0 Å². The molecule has 0 aromatic heterocycles. The van der Waals surface area contributed by atoms with E-state index >= 15 is 0 Å². The van der Waals surface area contributed by atoms with Crippen LogP contribution >= 0.6 is 0 Å². The minimum Gasteiger partial charge on any atom is -0.393 e. The van der Waals surface area contributed by atoms with Crippen LogP contribution in [0.1, 0.15) is 50.9 Å². The van der Waals surface area contributed by atoms with Crippen molar-refractivity contribution < 1.29 is 14.7 Å². The van der Waals surface area contributed by atoms with E-state index in [1.807, 2.05) is 19.9 Å². The van der Waals surface area contributed by atoms with E-state index < -0.39 is 6.10 Å². The molecule has 0 aliphatic carbocycles. The third-order valence-corrected chi connectivity index (χ3v) is 3.52. The first kappa shape index (κ1) is 19.2. The summed E-state index contributed by atoms with van der Waals surface area (Å²) in [4.78, 5) is 24.0. The van der Waals surface area contributed by atoms with Gasteiger partial charge in [-0.05, 0) is 37.8 Å². The molecule has 23 heavy (non-hydrogen) atoms. The summed E-state index contributed by atoms with van der Waals surface area (Å²) in [6.07, 6.45) is 0.447. The van der Waals surface area contributed by atoms with Crippen LogP contribution in [0.4, 0.5) is 0 Å². The maximum Gasteiger partial charge on any atom is 0.251 e. The molecular weight excluding hydrogens is 292 g/mol. The number of benzene rings is 1. The number of aliphatic hydroxyl groups excluding tert-OH is 1. The zero-order valence-electron chi connectivity index (χ0n) is 14.4. The average Bonchev–Trinajstić information content (AvgIpc) is 2.44. The summed E-state index contributed by atoms with van der Waals surface area (Å²) < 4.78 is 0. The highest BCUT2D eigenvalue weighted by Gasteiger charge is 2.21. The van der Waals surface area contributed by atoms with Crippen molar-refractivity contribution in [3.05, 3.63) is 35.9 Å². The van der Waals surface area contributed by atoms with Crippen molar-refractivity contribution in [2.45, 2.75) is 52.7 Å². The molecule has 5 heteroatoms. The Hall–Kier alpha value is -1.88. The van der Waals surface area contributed by atoms with Crippen LogP contribution in [0.25, 0.3) is 0 Å². The first-order valence-electron chi connectivity index (χ1n) is 8.00. The van der Waals surface area contributed by atoms with Crippen LogP contribution in [-0.4, -0.2) is 35.6 Å². The Morgan fingerprint density at radius 2 is 1.78 bits per heavy atom. The second-order valence-electron chi connectivity index (χ2n) is 6.94. The molecule has 2 unspecified atom stereocenters. The molecule has 5 nitrogen and oxygen atoms in total. The maximum absolute atomic E-state index is 12.0. The first-order valence-corrected chi connectivity index (χ1v) is 8.00. The van der Waals surface area contributed by atoms with Crippen LogP contribution in [0.3, 0.4) is 0 Å². The molecule has 0 fully saturated rings. The van der Waals surface area contributed by atoms with Crippen LogP contribution < -0.4 is 10.6 Å². The predicted octanol–water partition coefficient (Wildman–Crippen LogP) is 2.11. The van der Waals surface area contributed by atoms with Gasteiger partial charge in [0.25, 0.3) is 5.91 Å². The van der Waals surface area contributed by atoms with Gasteiger partial charge in [-0.3, -0.25) is 9.59 Å². The van der Waals surface area contributed by atoms with Gasteiger partial charge in [-0.25, -0.2) is 0 Å². The highest BCUT2D eigenvalue weighted by molar-refractivity contribution is 5.94. The van der Waals surface area contributed by atoms with Crippen LogP contribution in [0.2, 0.25) is 0 Å². The van der Waals surface area contributed by atoms with Crippen molar-refractivity contribution in [1.29, 1.82) is 0 Å². The summed E-state index contributed by atoms with van der Waals surface area (Å²) in [7, 11) is 0. The number of hydrogen-bond acceptors (Lipinski definition) is 3. The van der Waals surface area contributed by atoms with Gasteiger partial charge >= 0.3 is 0 Å². The van der Waals surface area contributed by atoms with Crippen LogP contribution in [0.15, 0.2) is 30.3 Å².